The molecule has 0 aromatic carbocycles. The number of amides is 2. The largest absolute Gasteiger partial charge is 0.481 e. The standard InChI is InChI=1S/C13H22N2O3/c16-12(17)9-6-7-11(8-9)15-13(18)14-10-4-2-1-3-5-10/h9-11H,1-8H2,(H,16,17)(H2,14,15,18)/t9-,11+/m1/s1. The molecule has 2 rings (SSSR count). The Morgan fingerprint density at radius 2 is 1.56 bits per heavy atom. The summed E-state index contributed by atoms with van der Waals surface area (Å²) in [7, 11) is 0. The van der Waals surface area contributed by atoms with Crippen molar-refractivity contribution in [3.05, 3.63) is 0 Å². The zero-order chi connectivity index (χ0) is 13.0. The second-order valence-electron chi connectivity index (χ2n) is 5.50. The molecule has 5 nitrogen and oxygen atoms in total. The second-order valence-corrected chi connectivity index (χ2v) is 5.50. The average Bonchev–Trinajstić information content (AvgIpc) is 2.78. The van der Waals surface area contributed by atoms with E-state index in [0.717, 1.165) is 19.3 Å². The Morgan fingerprint density at radius 1 is 0.889 bits per heavy atom. The molecule has 2 aliphatic rings. The Kier molecular flexibility index (Phi) is 4.44. The van der Waals surface area contributed by atoms with E-state index in [4.69, 9.17) is 5.11 Å². The molecular formula is C13H22N2O3. The van der Waals surface area contributed by atoms with Crippen LogP contribution in [0.15, 0.2) is 0 Å². The summed E-state index contributed by atoms with van der Waals surface area (Å²) in [6.07, 6.45) is 7.78. The number of hydrogen-bond donors (Lipinski definition) is 3. The molecule has 2 atom stereocenters. The minimum Gasteiger partial charge on any atom is -0.481 e. The molecule has 102 valence electrons. The van der Waals surface area contributed by atoms with Gasteiger partial charge in [-0.3, -0.25) is 4.79 Å². The molecule has 0 saturated heterocycles. The molecule has 2 fully saturated rings. The van der Waals surface area contributed by atoms with Gasteiger partial charge in [0.25, 0.3) is 0 Å². The highest BCUT2D eigenvalue weighted by Gasteiger charge is 2.30. The molecule has 0 aliphatic heterocycles. The third-order valence-electron chi connectivity index (χ3n) is 4.06. The van der Waals surface area contributed by atoms with E-state index in [0.29, 0.717) is 18.9 Å². The zero-order valence-electron chi connectivity index (χ0n) is 10.7. The number of carbonyl (C=O) groups is 2. The highest BCUT2D eigenvalue weighted by atomic mass is 16.4. The van der Waals surface area contributed by atoms with Crippen LogP contribution in [0.1, 0.15) is 51.4 Å². The van der Waals surface area contributed by atoms with Crippen molar-refractivity contribution >= 4 is 12.0 Å². The molecule has 0 unspecified atom stereocenters. The van der Waals surface area contributed by atoms with Crippen molar-refractivity contribution < 1.29 is 14.7 Å². The van der Waals surface area contributed by atoms with Gasteiger partial charge in [0.05, 0.1) is 5.92 Å². The van der Waals surface area contributed by atoms with Crippen LogP contribution in [-0.4, -0.2) is 29.2 Å². The predicted molar refractivity (Wildman–Crippen MR) is 67.3 cm³/mol. The summed E-state index contributed by atoms with van der Waals surface area (Å²) >= 11 is 0. The molecular weight excluding hydrogens is 232 g/mol. The first-order valence-electron chi connectivity index (χ1n) is 6.95. The normalized spacial score (nSPS) is 28.9. The first-order valence-corrected chi connectivity index (χ1v) is 6.95. The van der Waals surface area contributed by atoms with Crippen molar-refractivity contribution in [3.63, 3.8) is 0 Å². The van der Waals surface area contributed by atoms with E-state index in [1.807, 2.05) is 0 Å². The van der Waals surface area contributed by atoms with E-state index < -0.39 is 5.97 Å². The second kappa shape index (κ2) is 6.07. The van der Waals surface area contributed by atoms with Crippen LogP contribution in [0, 0.1) is 5.92 Å². The molecule has 18 heavy (non-hydrogen) atoms. The number of carboxylic acids is 1. The summed E-state index contributed by atoms with van der Waals surface area (Å²) < 4.78 is 0. The lowest BCUT2D eigenvalue weighted by Crippen LogP contribution is -2.46. The van der Waals surface area contributed by atoms with Crippen molar-refractivity contribution in [2.24, 2.45) is 5.92 Å². The maximum Gasteiger partial charge on any atom is 0.315 e. The van der Waals surface area contributed by atoms with Gasteiger partial charge in [-0.15, -0.1) is 0 Å². The smallest absolute Gasteiger partial charge is 0.315 e. The molecule has 0 aromatic rings. The van der Waals surface area contributed by atoms with Gasteiger partial charge in [0.15, 0.2) is 0 Å². The Hall–Kier alpha value is -1.26. The van der Waals surface area contributed by atoms with Crippen LogP contribution < -0.4 is 10.6 Å². The minimum atomic E-state index is -0.744. The number of hydrogen-bond acceptors (Lipinski definition) is 2. The fourth-order valence-electron chi connectivity index (χ4n) is 3.00. The van der Waals surface area contributed by atoms with Crippen LogP contribution in [0.3, 0.4) is 0 Å². The van der Waals surface area contributed by atoms with Crippen LogP contribution in [0.5, 0.6) is 0 Å². The fourth-order valence-corrected chi connectivity index (χ4v) is 3.00. The van der Waals surface area contributed by atoms with Crippen LogP contribution in [0.4, 0.5) is 4.79 Å². The van der Waals surface area contributed by atoms with Gasteiger partial charge in [0, 0.05) is 12.1 Å². The first-order chi connectivity index (χ1) is 8.65. The summed E-state index contributed by atoms with van der Waals surface area (Å²) in [6, 6.07) is 0.197. The maximum absolute atomic E-state index is 11.8. The third kappa shape index (κ3) is 3.62. The minimum absolute atomic E-state index is 0.0229. The Bertz CT molecular complexity index is 313. The lowest BCUT2D eigenvalue weighted by atomic mass is 9.96. The lowest BCUT2D eigenvalue weighted by Gasteiger charge is -2.24. The molecule has 0 aromatic heterocycles. The molecule has 0 bridgehead atoms. The predicted octanol–water partition coefficient (Wildman–Crippen LogP) is 1.87. The van der Waals surface area contributed by atoms with Crippen molar-refractivity contribution in [1.29, 1.82) is 0 Å². The zero-order valence-corrected chi connectivity index (χ0v) is 10.7. The average molecular weight is 254 g/mol. The van der Waals surface area contributed by atoms with E-state index >= 15 is 0 Å². The van der Waals surface area contributed by atoms with E-state index in [1.165, 1.54) is 19.3 Å². The van der Waals surface area contributed by atoms with Crippen LogP contribution in [-0.2, 0) is 4.79 Å². The van der Waals surface area contributed by atoms with E-state index in [1.54, 1.807) is 0 Å². The topological polar surface area (TPSA) is 78.4 Å². The van der Waals surface area contributed by atoms with Gasteiger partial charge < -0.3 is 15.7 Å². The summed E-state index contributed by atoms with van der Waals surface area (Å²) in [4.78, 5) is 22.6. The molecule has 5 heteroatoms. The fraction of sp³-hybridized carbons (Fsp3) is 0.846. The first kappa shape index (κ1) is 13.2. The lowest BCUT2D eigenvalue weighted by molar-refractivity contribution is -0.141. The number of carboxylic acid groups (broad SMARTS) is 1. The number of rotatable bonds is 3. The van der Waals surface area contributed by atoms with Gasteiger partial charge in [0.1, 0.15) is 0 Å². The third-order valence-corrected chi connectivity index (χ3v) is 4.06. The van der Waals surface area contributed by atoms with Gasteiger partial charge in [0.2, 0.25) is 0 Å². The van der Waals surface area contributed by atoms with E-state index in [-0.39, 0.29) is 18.0 Å². The SMILES string of the molecule is O=C(NC1CCCCC1)N[C@H]1CC[C@@H](C(=O)O)C1. The van der Waals surface area contributed by atoms with Crippen LogP contribution >= 0.6 is 0 Å². The summed E-state index contributed by atoms with van der Waals surface area (Å²) in [5.41, 5.74) is 0. The number of nitrogens with one attached hydrogen (secondary N) is 2. The quantitative estimate of drug-likeness (QED) is 0.719. The molecule has 3 N–H and O–H groups in total. The summed E-state index contributed by atoms with van der Waals surface area (Å²) in [5, 5.41) is 14.8. The molecule has 0 heterocycles. The Labute approximate surface area is 107 Å². The van der Waals surface area contributed by atoms with E-state index in [9.17, 15) is 9.59 Å². The highest BCUT2D eigenvalue weighted by Crippen LogP contribution is 2.25. The monoisotopic (exact) mass is 254 g/mol. The maximum atomic E-state index is 11.8. The van der Waals surface area contributed by atoms with Crippen molar-refractivity contribution in [3.8, 4) is 0 Å². The molecule has 0 radical (unpaired) electrons. The van der Waals surface area contributed by atoms with Gasteiger partial charge in [-0.1, -0.05) is 19.3 Å². The molecule has 0 spiro atoms. The molecule has 2 saturated carbocycles. The Balaban J connectivity index is 1.69. The van der Waals surface area contributed by atoms with Crippen LogP contribution in [0.2, 0.25) is 0 Å². The van der Waals surface area contributed by atoms with Crippen LogP contribution in [0.25, 0.3) is 0 Å². The van der Waals surface area contributed by atoms with Crippen molar-refractivity contribution in [2.75, 3.05) is 0 Å². The number of aliphatic carboxylic acids is 1. The Morgan fingerprint density at radius 3 is 2.17 bits per heavy atom. The van der Waals surface area contributed by atoms with Gasteiger partial charge >= 0.3 is 12.0 Å². The summed E-state index contributed by atoms with van der Waals surface area (Å²) in [6.45, 7) is 0. The van der Waals surface area contributed by atoms with Gasteiger partial charge in [-0.25, -0.2) is 4.79 Å². The number of urea groups is 1. The van der Waals surface area contributed by atoms with Crippen molar-refractivity contribution in [1.82, 2.24) is 10.6 Å². The van der Waals surface area contributed by atoms with Gasteiger partial charge in [-0.05, 0) is 32.1 Å². The highest BCUT2D eigenvalue weighted by molar-refractivity contribution is 5.75. The molecule has 2 amide bonds. The van der Waals surface area contributed by atoms with Crippen molar-refractivity contribution in [2.45, 2.75) is 63.5 Å². The number of carbonyl (C=O) groups excluding carboxylic acids is 1. The van der Waals surface area contributed by atoms with Gasteiger partial charge in [-0.2, -0.15) is 0 Å². The summed E-state index contributed by atoms with van der Waals surface area (Å²) in [5.74, 6) is -1.03. The molecule has 2 aliphatic carbocycles. The van der Waals surface area contributed by atoms with E-state index in [2.05, 4.69) is 10.6 Å².